The zero-order valence-corrected chi connectivity index (χ0v) is 12.8. The van der Waals surface area contributed by atoms with Gasteiger partial charge in [0.05, 0.1) is 11.7 Å². The summed E-state index contributed by atoms with van der Waals surface area (Å²) in [5.41, 5.74) is 2.32. The molecule has 1 saturated heterocycles. The summed E-state index contributed by atoms with van der Waals surface area (Å²) in [7, 11) is 0. The van der Waals surface area contributed by atoms with Gasteiger partial charge in [0.2, 0.25) is 0 Å². The van der Waals surface area contributed by atoms with Gasteiger partial charge in [-0.15, -0.1) is 0 Å². The van der Waals surface area contributed by atoms with E-state index in [1.165, 1.54) is 0 Å². The van der Waals surface area contributed by atoms with Gasteiger partial charge in [-0.2, -0.15) is 0 Å². The van der Waals surface area contributed by atoms with Crippen molar-refractivity contribution in [2.24, 2.45) is 0 Å². The summed E-state index contributed by atoms with van der Waals surface area (Å²) in [4.78, 5) is 14.7. The van der Waals surface area contributed by atoms with Crippen molar-refractivity contribution in [2.75, 3.05) is 6.54 Å². The molecule has 2 aliphatic rings. The summed E-state index contributed by atoms with van der Waals surface area (Å²) >= 11 is 0. The number of amides is 1. The first-order chi connectivity index (χ1) is 10.6. The van der Waals surface area contributed by atoms with E-state index >= 15 is 0 Å². The molecule has 1 aliphatic heterocycles. The number of hydrogen-bond acceptors (Lipinski definition) is 5. The van der Waals surface area contributed by atoms with Crippen LogP contribution < -0.4 is 0 Å². The third kappa shape index (κ3) is 2.14. The van der Waals surface area contributed by atoms with Crippen molar-refractivity contribution in [3.8, 4) is 0 Å². The summed E-state index contributed by atoms with van der Waals surface area (Å²) in [6.45, 7) is 4.56. The number of hydrogen-bond donors (Lipinski definition) is 0. The molecule has 0 aromatic carbocycles. The molecule has 1 atom stereocenters. The van der Waals surface area contributed by atoms with E-state index < -0.39 is 0 Å². The maximum absolute atomic E-state index is 12.8. The van der Waals surface area contributed by atoms with E-state index in [2.05, 4.69) is 10.3 Å². The van der Waals surface area contributed by atoms with E-state index in [-0.39, 0.29) is 11.9 Å². The maximum Gasteiger partial charge on any atom is 0.276 e. The molecule has 1 amide bonds. The molecule has 3 heterocycles. The fourth-order valence-electron chi connectivity index (χ4n) is 3.37. The van der Waals surface area contributed by atoms with Crippen LogP contribution in [0.3, 0.4) is 0 Å². The summed E-state index contributed by atoms with van der Waals surface area (Å²) in [5, 5.41) is 7.99. The average molecular weight is 301 g/mol. The van der Waals surface area contributed by atoms with Crippen LogP contribution in [-0.2, 0) is 0 Å². The van der Waals surface area contributed by atoms with Crippen LogP contribution in [0.15, 0.2) is 15.1 Å². The van der Waals surface area contributed by atoms with Crippen LogP contribution in [0.1, 0.15) is 70.9 Å². The Hall–Kier alpha value is -2.11. The van der Waals surface area contributed by atoms with Crippen molar-refractivity contribution in [1.29, 1.82) is 0 Å². The lowest BCUT2D eigenvalue weighted by Gasteiger charge is -2.23. The molecule has 6 nitrogen and oxygen atoms in total. The average Bonchev–Trinajstić information content (AvgIpc) is 2.93. The Balaban J connectivity index is 1.61. The molecule has 22 heavy (non-hydrogen) atoms. The van der Waals surface area contributed by atoms with Crippen molar-refractivity contribution in [3.05, 3.63) is 34.5 Å². The minimum absolute atomic E-state index is 0.0276. The van der Waals surface area contributed by atoms with E-state index in [0.29, 0.717) is 11.6 Å². The molecule has 0 bridgehead atoms. The zero-order chi connectivity index (χ0) is 15.3. The van der Waals surface area contributed by atoms with Crippen molar-refractivity contribution < 1.29 is 13.8 Å². The SMILES string of the molecule is Cc1noc(C)c1[C@@H]1CCCN1C(=O)c1cc(C2CC2)on1. The normalized spacial score (nSPS) is 21.5. The number of aryl methyl sites for hydroxylation is 2. The second kappa shape index (κ2) is 4.97. The molecule has 2 aromatic rings. The van der Waals surface area contributed by atoms with Crippen LogP contribution in [0.2, 0.25) is 0 Å². The molecular formula is C16H19N3O3. The van der Waals surface area contributed by atoms with Crippen molar-refractivity contribution in [2.45, 2.75) is 51.5 Å². The summed E-state index contributed by atoms with van der Waals surface area (Å²) < 4.78 is 10.6. The Morgan fingerprint density at radius 1 is 1.23 bits per heavy atom. The third-order valence-electron chi connectivity index (χ3n) is 4.66. The number of nitrogens with zero attached hydrogens (tertiary/aromatic N) is 3. The molecule has 2 aromatic heterocycles. The number of likely N-dealkylation sites (tertiary alicyclic amines) is 1. The standard InChI is InChI=1S/C16H19N3O3/c1-9-15(10(2)21-17-9)13-4-3-7-19(13)16(20)12-8-14(22-18-12)11-5-6-11/h8,11,13H,3-7H2,1-2H3/t13-/m0/s1. The highest BCUT2D eigenvalue weighted by atomic mass is 16.5. The lowest BCUT2D eigenvalue weighted by Crippen LogP contribution is -2.31. The van der Waals surface area contributed by atoms with Gasteiger partial charge in [0, 0.05) is 24.1 Å². The minimum Gasteiger partial charge on any atom is -0.361 e. The van der Waals surface area contributed by atoms with Gasteiger partial charge < -0.3 is 13.9 Å². The Morgan fingerprint density at radius 3 is 2.73 bits per heavy atom. The molecule has 116 valence electrons. The second-order valence-electron chi connectivity index (χ2n) is 6.28. The molecule has 4 rings (SSSR count). The Bertz CT molecular complexity index is 695. The minimum atomic E-state index is -0.0573. The number of carbonyl (C=O) groups is 1. The van der Waals surface area contributed by atoms with Crippen LogP contribution in [0, 0.1) is 13.8 Å². The first-order valence-electron chi connectivity index (χ1n) is 7.85. The van der Waals surface area contributed by atoms with Gasteiger partial charge in [-0.1, -0.05) is 10.3 Å². The van der Waals surface area contributed by atoms with E-state index in [9.17, 15) is 4.79 Å². The second-order valence-corrected chi connectivity index (χ2v) is 6.28. The molecule has 1 saturated carbocycles. The molecule has 6 heteroatoms. The van der Waals surface area contributed by atoms with Crippen molar-refractivity contribution in [1.82, 2.24) is 15.2 Å². The lowest BCUT2D eigenvalue weighted by atomic mass is 10.0. The van der Waals surface area contributed by atoms with Crippen LogP contribution in [-0.4, -0.2) is 27.7 Å². The van der Waals surface area contributed by atoms with Crippen LogP contribution in [0.25, 0.3) is 0 Å². The highest BCUT2D eigenvalue weighted by Crippen LogP contribution is 2.41. The number of aromatic nitrogens is 2. The molecule has 0 spiro atoms. The molecular weight excluding hydrogens is 282 g/mol. The smallest absolute Gasteiger partial charge is 0.276 e. The van der Waals surface area contributed by atoms with E-state index in [1.54, 1.807) is 0 Å². The monoisotopic (exact) mass is 301 g/mol. The van der Waals surface area contributed by atoms with Gasteiger partial charge in [-0.05, 0) is 39.5 Å². The molecule has 1 aliphatic carbocycles. The molecule has 0 radical (unpaired) electrons. The predicted octanol–water partition coefficient (Wildman–Crippen LogP) is 3.13. The highest BCUT2D eigenvalue weighted by molar-refractivity contribution is 5.92. The first kappa shape index (κ1) is 13.5. The Labute approximate surface area is 128 Å². The highest BCUT2D eigenvalue weighted by Gasteiger charge is 2.36. The summed E-state index contributed by atoms with van der Waals surface area (Å²) in [5.74, 6) is 2.04. The number of rotatable bonds is 3. The fourth-order valence-corrected chi connectivity index (χ4v) is 3.37. The Morgan fingerprint density at radius 2 is 2.05 bits per heavy atom. The van der Waals surface area contributed by atoms with E-state index in [0.717, 1.165) is 55.0 Å². The van der Waals surface area contributed by atoms with Crippen LogP contribution in [0.5, 0.6) is 0 Å². The molecule has 0 unspecified atom stereocenters. The summed E-state index contributed by atoms with van der Waals surface area (Å²) in [6.07, 6.45) is 4.18. The van der Waals surface area contributed by atoms with Crippen molar-refractivity contribution in [3.63, 3.8) is 0 Å². The van der Waals surface area contributed by atoms with Crippen LogP contribution in [0.4, 0.5) is 0 Å². The molecule has 2 fully saturated rings. The van der Waals surface area contributed by atoms with Gasteiger partial charge in [0.1, 0.15) is 11.5 Å². The topological polar surface area (TPSA) is 72.4 Å². The zero-order valence-electron chi connectivity index (χ0n) is 12.8. The lowest BCUT2D eigenvalue weighted by molar-refractivity contribution is 0.0724. The van der Waals surface area contributed by atoms with Gasteiger partial charge in [-0.25, -0.2) is 0 Å². The largest absolute Gasteiger partial charge is 0.361 e. The molecule has 0 N–H and O–H groups in total. The summed E-state index contributed by atoms with van der Waals surface area (Å²) in [6, 6.07) is 1.84. The van der Waals surface area contributed by atoms with Gasteiger partial charge >= 0.3 is 0 Å². The maximum atomic E-state index is 12.8. The fraction of sp³-hybridized carbons (Fsp3) is 0.562. The van der Waals surface area contributed by atoms with Crippen LogP contribution >= 0.6 is 0 Å². The van der Waals surface area contributed by atoms with Crippen molar-refractivity contribution >= 4 is 5.91 Å². The third-order valence-corrected chi connectivity index (χ3v) is 4.66. The van der Waals surface area contributed by atoms with Gasteiger partial charge in [0.25, 0.3) is 5.91 Å². The van der Waals surface area contributed by atoms with E-state index in [4.69, 9.17) is 9.05 Å². The quantitative estimate of drug-likeness (QED) is 0.871. The Kier molecular flexibility index (Phi) is 3.06. The van der Waals surface area contributed by atoms with Gasteiger partial charge in [-0.3, -0.25) is 4.79 Å². The predicted molar refractivity (Wildman–Crippen MR) is 77.5 cm³/mol. The van der Waals surface area contributed by atoms with Gasteiger partial charge in [0.15, 0.2) is 5.69 Å². The first-order valence-corrected chi connectivity index (χ1v) is 7.85. The van der Waals surface area contributed by atoms with E-state index in [1.807, 2.05) is 24.8 Å². The number of carbonyl (C=O) groups excluding carboxylic acids is 1.